The molecule has 0 heterocycles. The molecular formula is C10H14N2OS. The maximum atomic E-state index is 10.6. The summed E-state index contributed by atoms with van der Waals surface area (Å²) < 4.78 is 0. The van der Waals surface area contributed by atoms with Crippen molar-refractivity contribution in [2.45, 2.75) is 11.8 Å². The summed E-state index contributed by atoms with van der Waals surface area (Å²) in [4.78, 5) is 10.6. The minimum atomic E-state index is -0.538. The largest absolute Gasteiger partial charge is 0.368 e. The minimum absolute atomic E-state index is 0.439. The van der Waals surface area contributed by atoms with Gasteiger partial charge in [0.1, 0.15) is 0 Å². The van der Waals surface area contributed by atoms with Crippen LogP contribution >= 0.6 is 11.8 Å². The van der Waals surface area contributed by atoms with E-state index in [0.29, 0.717) is 5.75 Å². The van der Waals surface area contributed by atoms with Crippen molar-refractivity contribution in [3.8, 4) is 0 Å². The SMILES string of the molecule is NC(=O)C(N)CSCc1ccccc1. The smallest absolute Gasteiger partial charge is 0.235 e. The molecule has 0 fully saturated rings. The minimum Gasteiger partial charge on any atom is -0.368 e. The predicted molar refractivity (Wildman–Crippen MR) is 59.8 cm³/mol. The van der Waals surface area contributed by atoms with E-state index in [4.69, 9.17) is 11.5 Å². The Hall–Kier alpha value is -1.00. The van der Waals surface area contributed by atoms with Crippen LogP contribution < -0.4 is 11.5 Å². The van der Waals surface area contributed by atoms with Crippen molar-refractivity contribution in [1.29, 1.82) is 0 Å². The number of primary amides is 1. The summed E-state index contributed by atoms with van der Waals surface area (Å²) in [6.07, 6.45) is 0. The van der Waals surface area contributed by atoms with Gasteiger partial charge in [0.15, 0.2) is 0 Å². The van der Waals surface area contributed by atoms with Crippen LogP contribution in [0.1, 0.15) is 5.56 Å². The highest BCUT2D eigenvalue weighted by atomic mass is 32.2. The third-order valence-corrected chi connectivity index (χ3v) is 2.91. The Balaban J connectivity index is 2.26. The monoisotopic (exact) mass is 210 g/mol. The summed E-state index contributed by atoms with van der Waals surface area (Å²) in [5.41, 5.74) is 11.8. The van der Waals surface area contributed by atoms with Gasteiger partial charge in [0.05, 0.1) is 6.04 Å². The van der Waals surface area contributed by atoms with Crippen molar-refractivity contribution in [3.63, 3.8) is 0 Å². The fourth-order valence-corrected chi connectivity index (χ4v) is 1.92. The number of thioether (sulfide) groups is 1. The van der Waals surface area contributed by atoms with Crippen molar-refractivity contribution >= 4 is 17.7 Å². The van der Waals surface area contributed by atoms with Gasteiger partial charge in [-0.1, -0.05) is 30.3 Å². The van der Waals surface area contributed by atoms with Gasteiger partial charge in [0.2, 0.25) is 5.91 Å². The van der Waals surface area contributed by atoms with Gasteiger partial charge in [-0.05, 0) is 5.56 Å². The van der Waals surface area contributed by atoms with Crippen LogP contribution in [0.4, 0.5) is 0 Å². The summed E-state index contributed by atoms with van der Waals surface area (Å²) in [7, 11) is 0. The molecule has 0 bridgehead atoms. The van der Waals surface area contributed by atoms with Crippen LogP contribution in [-0.4, -0.2) is 17.7 Å². The molecule has 1 atom stereocenters. The van der Waals surface area contributed by atoms with Gasteiger partial charge in [0, 0.05) is 11.5 Å². The highest BCUT2D eigenvalue weighted by Crippen LogP contribution is 2.11. The van der Waals surface area contributed by atoms with Crippen LogP contribution in [0.5, 0.6) is 0 Å². The van der Waals surface area contributed by atoms with E-state index >= 15 is 0 Å². The molecule has 3 nitrogen and oxygen atoms in total. The number of rotatable bonds is 5. The molecule has 0 aliphatic carbocycles. The van der Waals surface area contributed by atoms with Gasteiger partial charge in [0.25, 0.3) is 0 Å². The standard InChI is InChI=1S/C10H14N2OS/c11-9(10(12)13)7-14-6-8-4-2-1-3-5-8/h1-5,9H,6-7,11H2,(H2,12,13). The Morgan fingerprint density at radius 1 is 1.36 bits per heavy atom. The second kappa shape index (κ2) is 5.67. The van der Waals surface area contributed by atoms with E-state index in [0.717, 1.165) is 5.75 Å². The molecular weight excluding hydrogens is 196 g/mol. The van der Waals surface area contributed by atoms with E-state index < -0.39 is 11.9 Å². The lowest BCUT2D eigenvalue weighted by Crippen LogP contribution is -2.38. The van der Waals surface area contributed by atoms with E-state index in [9.17, 15) is 4.79 Å². The molecule has 1 unspecified atom stereocenters. The maximum Gasteiger partial charge on any atom is 0.235 e. The summed E-state index contributed by atoms with van der Waals surface area (Å²) in [5, 5.41) is 0. The number of carbonyl (C=O) groups excluding carboxylic acids is 1. The number of carbonyl (C=O) groups is 1. The molecule has 0 aromatic heterocycles. The number of benzene rings is 1. The zero-order valence-electron chi connectivity index (χ0n) is 7.85. The van der Waals surface area contributed by atoms with Crippen LogP contribution in [0.3, 0.4) is 0 Å². The fourth-order valence-electron chi connectivity index (χ4n) is 0.960. The summed E-state index contributed by atoms with van der Waals surface area (Å²) in [6.45, 7) is 0. The van der Waals surface area contributed by atoms with Crippen molar-refractivity contribution in [1.82, 2.24) is 0 Å². The van der Waals surface area contributed by atoms with Crippen LogP contribution in [0, 0.1) is 0 Å². The second-order valence-corrected chi connectivity index (χ2v) is 4.04. The molecule has 0 aliphatic rings. The predicted octanol–water partition coefficient (Wildman–Crippen LogP) is 0.732. The molecule has 4 N–H and O–H groups in total. The lowest BCUT2D eigenvalue weighted by molar-refractivity contribution is -0.118. The van der Waals surface area contributed by atoms with Gasteiger partial charge in [-0.15, -0.1) is 0 Å². The molecule has 0 saturated carbocycles. The summed E-state index contributed by atoms with van der Waals surface area (Å²) in [6, 6.07) is 9.51. The van der Waals surface area contributed by atoms with Crippen molar-refractivity contribution in [3.05, 3.63) is 35.9 Å². The van der Waals surface area contributed by atoms with Crippen molar-refractivity contribution in [2.75, 3.05) is 5.75 Å². The van der Waals surface area contributed by atoms with Crippen molar-refractivity contribution in [2.24, 2.45) is 11.5 Å². The first kappa shape index (κ1) is 11.1. The highest BCUT2D eigenvalue weighted by molar-refractivity contribution is 7.98. The third kappa shape index (κ3) is 3.81. The van der Waals surface area contributed by atoms with E-state index in [1.54, 1.807) is 11.8 Å². The first-order valence-corrected chi connectivity index (χ1v) is 5.52. The summed E-state index contributed by atoms with van der Waals surface area (Å²) >= 11 is 1.62. The molecule has 14 heavy (non-hydrogen) atoms. The second-order valence-electron chi connectivity index (χ2n) is 3.01. The Labute approximate surface area is 87.9 Å². The van der Waals surface area contributed by atoms with E-state index in [-0.39, 0.29) is 0 Å². The fraction of sp³-hybridized carbons (Fsp3) is 0.300. The number of hydrogen-bond donors (Lipinski definition) is 2. The topological polar surface area (TPSA) is 69.1 Å². The Kier molecular flexibility index (Phi) is 4.49. The van der Waals surface area contributed by atoms with Gasteiger partial charge in [-0.2, -0.15) is 11.8 Å². The van der Waals surface area contributed by atoms with Crippen LogP contribution in [-0.2, 0) is 10.5 Å². The van der Waals surface area contributed by atoms with Crippen LogP contribution in [0.25, 0.3) is 0 Å². The molecule has 0 spiro atoms. The van der Waals surface area contributed by atoms with Crippen molar-refractivity contribution < 1.29 is 4.79 Å². The molecule has 0 aliphatic heterocycles. The Morgan fingerprint density at radius 2 is 2.00 bits per heavy atom. The number of hydrogen-bond acceptors (Lipinski definition) is 3. The van der Waals surface area contributed by atoms with Gasteiger partial charge in [-0.25, -0.2) is 0 Å². The lowest BCUT2D eigenvalue weighted by Gasteiger charge is -2.06. The highest BCUT2D eigenvalue weighted by Gasteiger charge is 2.08. The summed E-state index contributed by atoms with van der Waals surface area (Å²) in [5.74, 6) is 0.997. The normalized spacial score (nSPS) is 12.4. The van der Waals surface area contributed by atoms with Gasteiger partial charge >= 0.3 is 0 Å². The molecule has 0 saturated heterocycles. The number of nitrogens with two attached hydrogens (primary N) is 2. The Morgan fingerprint density at radius 3 is 2.57 bits per heavy atom. The lowest BCUT2D eigenvalue weighted by atomic mass is 10.2. The van der Waals surface area contributed by atoms with Crippen LogP contribution in [0.2, 0.25) is 0 Å². The zero-order chi connectivity index (χ0) is 10.4. The van der Waals surface area contributed by atoms with E-state index in [1.807, 2.05) is 30.3 Å². The van der Waals surface area contributed by atoms with Gasteiger partial charge in [-0.3, -0.25) is 4.79 Å². The average Bonchev–Trinajstić information content (AvgIpc) is 2.19. The molecule has 1 aromatic carbocycles. The van der Waals surface area contributed by atoms with E-state index in [1.165, 1.54) is 5.56 Å². The first-order valence-electron chi connectivity index (χ1n) is 4.36. The molecule has 0 radical (unpaired) electrons. The zero-order valence-corrected chi connectivity index (χ0v) is 8.67. The molecule has 4 heteroatoms. The molecule has 1 amide bonds. The Bertz CT molecular complexity index is 289. The van der Waals surface area contributed by atoms with E-state index in [2.05, 4.69) is 0 Å². The molecule has 1 rings (SSSR count). The number of amides is 1. The molecule has 76 valence electrons. The maximum absolute atomic E-state index is 10.6. The average molecular weight is 210 g/mol. The molecule has 1 aromatic rings. The van der Waals surface area contributed by atoms with Gasteiger partial charge < -0.3 is 11.5 Å². The third-order valence-electron chi connectivity index (χ3n) is 1.77. The first-order chi connectivity index (χ1) is 6.70. The van der Waals surface area contributed by atoms with Crippen LogP contribution in [0.15, 0.2) is 30.3 Å². The quantitative estimate of drug-likeness (QED) is 0.753.